The number of carbonyl (C=O) groups is 1. The molecule has 1 heterocycles. The summed E-state index contributed by atoms with van der Waals surface area (Å²) in [7, 11) is 0. The van der Waals surface area contributed by atoms with E-state index in [1.807, 2.05) is 50.2 Å². The largest absolute Gasteiger partial charge is 0.389 e. The summed E-state index contributed by atoms with van der Waals surface area (Å²) in [5.41, 5.74) is 1.86. The summed E-state index contributed by atoms with van der Waals surface area (Å²) in [6.07, 6.45) is 0. The van der Waals surface area contributed by atoms with Crippen molar-refractivity contribution in [1.82, 2.24) is 4.98 Å². The zero-order valence-corrected chi connectivity index (χ0v) is 16.4. The highest BCUT2D eigenvalue weighted by Gasteiger charge is 2.14. The fraction of sp³-hybridized carbons (Fsp3) is 0.174. The van der Waals surface area contributed by atoms with E-state index in [0.717, 1.165) is 10.8 Å². The van der Waals surface area contributed by atoms with Crippen LogP contribution in [0.15, 0.2) is 63.8 Å². The van der Waals surface area contributed by atoms with Gasteiger partial charge in [0.15, 0.2) is 0 Å². The third-order valence-corrected chi connectivity index (χ3v) is 4.63. The zero-order chi connectivity index (χ0) is 20.5. The van der Waals surface area contributed by atoms with Crippen molar-refractivity contribution in [3.8, 4) is 0 Å². The van der Waals surface area contributed by atoms with Crippen LogP contribution in [0.25, 0.3) is 21.7 Å². The molecule has 0 aliphatic rings. The molecule has 0 fully saturated rings. The quantitative estimate of drug-likeness (QED) is 0.529. The topological polar surface area (TPSA) is 84.2 Å². The maximum Gasteiger partial charge on any atom is 0.348 e. The first-order valence-electron chi connectivity index (χ1n) is 9.43. The van der Waals surface area contributed by atoms with Crippen LogP contribution >= 0.6 is 0 Å². The van der Waals surface area contributed by atoms with E-state index >= 15 is 0 Å². The second-order valence-corrected chi connectivity index (χ2v) is 7.27. The van der Waals surface area contributed by atoms with Gasteiger partial charge in [0.05, 0.1) is 10.9 Å². The van der Waals surface area contributed by atoms with Gasteiger partial charge in [0.2, 0.25) is 0 Å². The third kappa shape index (κ3) is 3.69. The van der Waals surface area contributed by atoms with Gasteiger partial charge in [0, 0.05) is 17.3 Å². The van der Waals surface area contributed by atoms with Crippen molar-refractivity contribution in [3.63, 3.8) is 0 Å². The van der Waals surface area contributed by atoms with Crippen LogP contribution in [-0.4, -0.2) is 16.9 Å². The number of benzene rings is 3. The Labute approximate surface area is 167 Å². The lowest BCUT2D eigenvalue weighted by Gasteiger charge is -2.11. The minimum absolute atomic E-state index is 0.0680. The first kappa shape index (κ1) is 18.7. The Kier molecular flexibility index (Phi) is 4.76. The molecule has 0 unspecified atom stereocenters. The van der Waals surface area contributed by atoms with Gasteiger partial charge < -0.3 is 15.1 Å². The molecule has 6 heteroatoms. The predicted octanol–water partition coefficient (Wildman–Crippen LogP) is 4.72. The lowest BCUT2D eigenvalue weighted by molar-refractivity contribution is 0.102. The number of amides is 1. The maximum absolute atomic E-state index is 12.9. The lowest BCUT2D eigenvalue weighted by atomic mass is 10.0. The van der Waals surface area contributed by atoms with E-state index in [0.29, 0.717) is 27.7 Å². The van der Waals surface area contributed by atoms with E-state index in [-0.39, 0.29) is 18.0 Å². The van der Waals surface area contributed by atoms with E-state index in [2.05, 4.69) is 15.6 Å². The van der Waals surface area contributed by atoms with Gasteiger partial charge in [0.25, 0.3) is 11.9 Å². The molecule has 1 aromatic heterocycles. The molecule has 0 saturated carbocycles. The predicted molar refractivity (Wildman–Crippen MR) is 116 cm³/mol. The van der Waals surface area contributed by atoms with Gasteiger partial charge in [-0.2, -0.15) is 4.98 Å². The molecular weight excluding hydrogens is 366 g/mol. The van der Waals surface area contributed by atoms with Crippen molar-refractivity contribution in [1.29, 1.82) is 0 Å². The smallest absolute Gasteiger partial charge is 0.348 e. The molecule has 29 heavy (non-hydrogen) atoms. The standard InChI is InChI=1S/C23H21N3O3/c1-13(2)24-23-26-19-12-16(11-14(3)20(19)22(28)29-23)25-21(27)18-10-6-8-15-7-4-5-9-17(15)18/h4-13H,1-3H3,(H,24,26)(H,25,27). The third-order valence-electron chi connectivity index (χ3n) is 4.63. The summed E-state index contributed by atoms with van der Waals surface area (Å²) in [5.74, 6) is -0.218. The van der Waals surface area contributed by atoms with Gasteiger partial charge in [-0.25, -0.2) is 4.79 Å². The second-order valence-electron chi connectivity index (χ2n) is 7.27. The van der Waals surface area contributed by atoms with E-state index in [9.17, 15) is 9.59 Å². The number of nitrogens with one attached hydrogen (secondary N) is 2. The zero-order valence-electron chi connectivity index (χ0n) is 16.4. The SMILES string of the molecule is Cc1cc(NC(=O)c2cccc3ccccc23)cc2nc(NC(C)C)oc(=O)c12. The lowest BCUT2D eigenvalue weighted by Crippen LogP contribution is -2.15. The number of rotatable bonds is 4. The summed E-state index contributed by atoms with van der Waals surface area (Å²) in [5, 5.41) is 8.21. The monoisotopic (exact) mass is 387 g/mol. The summed E-state index contributed by atoms with van der Waals surface area (Å²) < 4.78 is 5.26. The number of hydrogen-bond donors (Lipinski definition) is 2. The number of nitrogens with zero attached hydrogens (tertiary/aromatic N) is 1. The van der Waals surface area contributed by atoms with Gasteiger partial charge in [-0.15, -0.1) is 0 Å². The average Bonchev–Trinajstić information content (AvgIpc) is 2.66. The fourth-order valence-corrected chi connectivity index (χ4v) is 3.40. The van der Waals surface area contributed by atoms with Crippen molar-refractivity contribution in [2.45, 2.75) is 26.8 Å². The molecule has 0 aliphatic heterocycles. The van der Waals surface area contributed by atoms with Gasteiger partial charge in [-0.1, -0.05) is 36.4 Å². The van der Waals surface area contributed by atoms with Crippen LogP contribution in [-0.2, 0) is 0 Å². The van der Waals surface area contributed by atoms with E-state index in [1.54, 1.807) is 25.1 Å². The second kappa shape index (κ2) is 7.39. The molecule has 6 nitrogen and oxygen atoms in total. The Morgan fingerprint density at radius 3 is 2.62 bits per heavy atom. The van der Waals surface area contributed by atoms with E-state index in [4.69, 9.17) is 4.42 Å². The highest BCUT2D eigenvalue weighted by molar-refractivity contribution is 6.13. The number of aromatic nitrogens is 1. The number of hydrogen-bond acceptors (Lipinski definition) is 5. The van der Waals surface area contributed by atoms with Crippen molar-refractivity contribution in [2.24, 2.45) is 0 Å². The van der Waals surface area contributed by atoms with Gasteiger partial charge in [0.1, 0.15) is 0 Å². The van der Waals surface area contributed by atoms with E-state index in [1.165, 1.54) is 0 Å². The fourth-order valence-electron chi connectivity index (χ4n) is 3.40. The van der Waals surface area contributed by atoms with Crippen LogP contribution in [0.2, 0.25) is 0 Å². The molecule has 4 aromatic rings. The molecule has 0 bridgehead atoms. The number of fused-ring (bicyclic) bond motifs is 2. The normalized spacial score (nSPS) is 11.2. The van der Waals surface area contributed by atoms with Gasteiger partial charge >= 0.3 is 5.63 Å². The highest BCUT2D eigenvalue weighted by Crippen LogP contribution is 2.24. The number of aryl methyl sites for hydroxylation is 1. The summed E-state index contributed by atoms with van der Waals surface area (Å²) in [6, 6.07) is 17.0. The molecule has 3 aromatic carbocycles. The van der Waals surface area contributed by atoms with E-state index < -0.39 is 5.63 Å². The van der Waals surface area contributed by atoms with Crippen LogP contribution in [0.4, 0.5) is 11.7 Å². The van der Waals surface area contributed by atoms with Crippen LogP contribution in [0.3, 0.4) is 0 Å². The Hall–Kier alpha value is -3.67. The van der Waals surface area contributed by atoms with Crippen molar-refractivity contribution >= 4 is 39.3 Å². The van der Waals surface area contributed by atoms with Crippen LogP contribution in [0, 0.1) is 6.92 Å². The molecule has 0 spiro atoms. The first-order chi connectivity index (χ1) is 13.9. The van der Waals surface area contributed by atoms with Crippen molar-refractivity contribution in [2.75, 3.05) is 10.6 Å². The van der Waals surface area contributed by atoms with Gasteiger partial charge in [-0.05, 0) is 55.3 Å². The van der Waals surface area contributed by atoms with Crippen LogP contribution < -0.4 is 16.3 Å². The molecular formula is C23H21N3O3. The molecule has 0 saturated heterocycles. The molecule has 1 amide bonds. The first-order valence-corrected chi connectivity index (χ1v) is 9.43. The summed E-state index contributed by atoms with van der Waals surface area (Å²) in [4.78, 5) is 29.7. The number of anilines is 2. The van der Waals surface area contributed by atoms with Crippen LogP contribution in [0.5, 0.6) is 0 Å². The highest BCUT2D eigenvalue weighted by atomic mass is 16.4. The number of carbonyl (C=O) groups excluding carboxylic acids is 1. The van der Waals surface area contributed by atoms with Crippen molar-refractivity contribution < 1.29 is 9.21 Å². The Morgan fingerprint density at radius 1 is 1.07 bits per heavy atom. The minimum Gasteiger partial charge on any atom is -0.389 e. The molecule has 0 atom stereocenters. The summed E-state index contributed by atoms with van der Waals surface area (Å²) in [6.45, 7) is 5.65. The molecule has 146 valence electrons. The average molecular weight is 387 g/mol. The minimum atomic E-state index is -0.456. The van der Waals surface area contributed by atoms with Crippen LogP contribution in [0.1, 0.15) is 29.8 Å². The molecule has 2 N–H and O–H groups in total. The Bertz CT molecular complexity index is 1290. The molecule has 4 rings (SSSR count). The molecule has 0 radical (unpaired) electrons. The summed E-state index contributed by atoms with van der Waals surface area (Å²) >= 11 is 0. The Morgan fingerprint density at radius 2 is 1.83 bits per heavy atom. The molecule has 0 aliphatic carbocycles. The maximum atomic E-state index is 12.9. The van der Waals surface area contributed by atoms with Crippen molar-refractivity contribution in [3.05, 3.63) is 76.1 Å². The van der Waals surface area contributed by atoms with Gasteiger partial charge in [-0.3, -0.25) is 4.79 Å². The Balaban J connectivity index is 1.74.